The number of thiocarbonyl (C=S) groups is 1. The molecule has 0 amide bonds. The van der Waals surface area contributed by atoms with Gasteiger partial charge in [0.15, 0.2) is 5.11 Å². The molecule has 0 saturated carbocycles. The van der Waals surface area contributed by atoms with Crippen LogP contribution in [0.25, 0.3) is 0 Å². The molecule has 0 spiro atoms. The number of hydrogen-bond donors (Lipinski definition) is 2. The van der Waals surface area contributed by atoms with Crippen molar-refractivity contribution in [1.29, 1.82) is 0 Å². The van der Waals surface area contributed by atoms with Gasteiger partial charge < -0.3 is 15.1 Å². The first-order valence-electron chi connectivity index (χ1n) is 7.04. The normalized spacial score (nSPS) is 10.5. The molecule has 0 bridgehead atoms. The molecule has 0 fully saturated rings. The second-order valence-electron chi connectivity index (χ2n) is 4.91. The lowest BCUT2D eigenvalue weighted by Gasteiger charge is -2.07. The third-order valence-corrected chi connectivity index (χ3v) is 3.80. The van der Waals surface area contributed by atoms with Crippen molar-refractivity contribution in [2.45, 2.75) is 13.1 Å². The summed E-state index contributed by atoms with van der Waals surface area (Å²) in [6.07, 6.45) is 5.23. The van der Waals surface area contributed by atoms with Crippen LogP contribution in [0.15, 0.2) is 59.5 Å². The zero-order chi connectivity index (χ0) is 16.1. The third-order valence-electron chi connectivity index (χ3n) is 3.18. The Hall–Kier alpha value is -2.31. The van der Waals surface area contributed by atoms with Crippen molar-refractivity contribution in [3.8, 4) is 0 Å². The first kappa shape index (κ1) is 15.6. The van der Waals surface area contributed by atoms with Crippen LogP contribution in [-0.2, 0) is 13.1 Å². The van der Waals surface area contributed by atoms with Crippen LogP contribution in [0.1, 0.15) is 11.3 Å². The third kappa shape index (κ3) is 4.34. The Morgan fingerprint density at radius 3 is 2.91 bits per heavy atom. The summed E-state index contributed by atoms with van der Waals surface area (Å²) in [6.45, 7) is 1.14. The van der Waals surface area contributed by atoms with Gasteiger partial charge in [-0.15, -0.1) is 0 Å². The Morgan fingerprint density at radius 2 is 2.13 bits per heavy atom. The highest BCUT2D eigenvalue weighted by molar-refractivity contribution is 7.80. The molecule has 1 aromatic carbocycles. The average molecular weight is 347 g/mol. The van der Waals surface area contributed by atoms with Gasteiger partial charge in [-0.25, -0.2) is 0 Å². The van der Waals surface area contributed by atoms with Gasteiger partial charge in [0.25, 0.3) is 0 Å². The SMILES string of the molecule is S=C(NCc1ccco1)Nc1cnn(Cc2ccccc2Cl)c1. The van der Waals surface area contributed by atoms with Crippen molar-refractivity contribution in [2.75, 3.05) is 5.32 Å². The van der Waals surface area contributed by atoms with Gasteiger partial charge in [-0.2, -0.15) is 5.10 Å². The number of anilines is 1. The van der Waals surface area contributed by atoms with Gasteiger partial charge in [-0.1, -0.05) is 29.8 Å². The zero-order valence-corrected chi connectivity index (χ0v) is 13.8. The molecular weight excluding hydrogens is 332 g/mol. The molecule has 23 heavy (non-hydrogen) atoms. The van der Waals surface area contributed by atoms with Crippen LogP contribution in [0.5, 0.6) is 0 Å². The summed E-state index contributed by atoms with van der Waals surface area (Å²) in [4.78, 5) is 0. The van der Waals surface area contributed by atoms with Gasteiger partial charge in [0.05, 0.1) is 31.2 Å². The lowest BCUT2D eigenvalue weighted by molar-refractivity contribution is 0.503. The van der Waals surface area contributed by atoms with Crippen molar-refractivity contribution in [1.82, 2.24) is 15.1 Å². The average Bonchev–Trinajstić information content (AvgIpc) is 3.19. The molecule has 0 atom stereocenters. The molecule has 0 saturated heterocycles. The minimum absolute atomic E-state index is 0.513. The molecule has 0 radical (unpaired) electrons. The maximum Gasteiger partial charge on any atom is 0.171 e. The van der Waals surface area contributed by atoms with E-state index in [1.807, 2.05) is 42.6 Å². The van der Waals surface area contributed by atoms with E-state index in [0.717, 1.165) is 22.0 Å². The Labute approximate surface area is 144 Å². The molecule has 7 heteroatoms. The zero-order valence-electron chi connectivity index (χ0n) is 12.2. The second kappa shape index (κ2) is 7.30. The standard InChI is InChI=1S/C16H15ClN4OS/c17-15-6-2-1-4-12(15)10-21-11-13(8-19-21)20-16(23)18-9-14-5-3-7-22-14/h1-8,11H,9-10H2,(H2,18,20,23). The molecule has 3 aromatic rings. The van der Waals surface area contributed by atoms with Crippen LogP contribution in [0.2, 0.25) is 5.02 Å². The molecule has 5 nitrogen and oxygen atoms in total. The maximum absolute atomic E-state index is 6.16. The van der Waals surface area contributed by atoms with Crippen LogP contribution in [0.3, 0.4) is 0 Å². The van der Waals surface area contributed by atoms with Gasteiger partial charge >= 0.3 is 0 Å². The summed E-state index contributed by atoms with van der Waals surface area (Å²) in [7, 11) is 0. The van der Waals surface area contributed by atoms with Crippen LogP contribution >= 0.6 is 23.8 Å². The largest absolute Gasteiger partial charge is 0.467 e. The topological polar surface area (TPSA) is 55.0 Å². The fourth-order valence-corrected chi connectivity index (χ4v) is 2.46. The van der Waals surface area contributed by atoms with Crippen LogP contribution in [-0.4, -0.2) is 14.9 Å². The highest BCUT2D eigenvalue weighted by atomic mass is 35.5. The van der Waals surface area contributed by atoms with Gasteiger partial charge in [0.1, 0.15) is 5.76 Å². The van der Waals surface area contributed by atoms with Crippen molar-refractivity contribution in [2.24, 2.45) is 0 Å². The van der Waals surface area contributed by atoms with Gasteiger partial charge in [0, 0.05) is 11.2 Å². The quantitative estimate of drug-likeness (QED) is 0.690. The molecule has 0 unspecified atom stereocenters. The van der Waals surface area contributed by atoms with Crippen molar-refractivity contribution in [3.63, 3.8) is 0 Å². The molecule has 0 aliphatic heterocycles. The predicted molar refractivity (Wildman–Crippen MR) is 94.5 cm³/mol. The van der Waals surface area contributed by atoms with Crippen molar-refractivity contribution < 1.29 is 4.42 Å². The number of nitrogens with zero attached hydrogens (tertiary/aromatic N) is 2. The first-order valence-corrected chi connectivity index (χ1v) is 7.82. The van der Waals surface area contributed by atoms with Gasteiger partial charge in [0.2, 0.25) is 0 Å². The Kier molecular flexibility index (Phi) is 4.95. The van der Waals surface area contributed by atoms with E-state index in [-0.39, 0.29) is 0 Å². The van der Waals surface area contributed by atoms with E-state index < -0.39 is 0 Å². The number of aromatic nitrogens is 2. The van der Waals surface area contributed by atoms with E-state index in [9.17, 15) is 0 Å². The summed E-state index contributed by atoms with van der Waals surface area (Å²) < 4.78 is 7.04. The van der Waals surface area contributed by atoms with E-state index in [2.05, 4.69) is 15.7 Å². The summed E-state index contributed by atoms with van der Waals surface area (Å²) in [6, 6.07) is 11.4. The smallest absolute Gasteiger partial charge is 0.171 e. The molecule has 2 heterocycles. The van der Waals surface area contributed by atoms with Crippen molar-refractivity contribution >= 4 is 34.6 Å². The molecular formula is C16H15ClN4OS. The van der Waals surface area contributed by atoms with E-state index >= 15 is 0 Å². The summed E-state index contributed by atoms with van der Waals surface area (Å²) >= 11 is 11.4. The molecule has 0 aliphatic carbocycles. The number of benzene rings is 1. The predicted octanol–water partition coefficient (Wildman–Crippen LogP) is 3.66. The molecule has 0 aliphatic rings. The van der Waals surface area contributed by atoms with E-state index in [1.165, 1.54) is 0 Å². The summed E-state index contributed by atoms with van der Waals surface area (Å²) in [5.41, 5.74) is 1.83. The lowest BCUT2D eigenvalue weighted by atomic mass is 10.2. The number of hydrogen-bond acceptors (Lipinski definition) is 3. The lowest BCUT2D eigenvalue weighted by Crippen LogP contribution is -2.27. The molecule has 2 aromatic heterocycles. The fraction of sp³-hybridized carbons (Fsp3) is 0.125. The Balaban J connectivity index is 1.54. The molecule has 2 N–H and O–H groups in total. The number of nitrogens with one attached hydrogen (secondary N) is 2. The Morgan fingerprint density at radius 1 is 1.26 bits per heavy atom. The number of halogens is 1. The summed E-state index contributed by atoms with van der Waals surface area (Å²) in [5.74, 6) is 0.823. The first-order chi connectivity index (χ1) is 11.2. The number of rotatable bonds is 5. The monoisotopic (exact) mass is 346 g/mol. The van der Waals surface area contributed by atoms with Crippen molar-refractivity contribution in [3.05, 3.63) is 71.4 Å². The minimum Gasteiger partial charge on any atom is -0.467 e. The van der Waals surface area contributed by atoms with Crippen LogP contribution in [0, 0.1) is 0 Å². The molecule has 118 valence electrons. The minimum atomic E-state index is 0.513. The van der Waals surface area contributed by atoms with E-state index in [4.69, 9.17) is 28.2 Å². The highest BCUT2D eigenvalue weighted by Crippen LogP contribution is 2.16. The summed E-state index contributed by atoms with van der Waals surface area (Å²) in [5, 5.41) is 11.7. The van der Waals surface area contributed by atoms with E-state index in [1.54, 1.807) is 17.1 Å². The maximum atomic E-state index is 6.16. The second-order valence-corrected chi connectivity index (χ2v) is 5.72. The van der Waals surface area contributed by atoms with Gasteiger partial charge in [-0.05, 0) is 36.0 Å². The molecule has 3 rings (SSSR count). The Bertz CT molecular complexity index is 785. The number of furan rings is 1. The highest BCUT2D eigenvalue weighted by Gasteiger charge is 2.04. The van der Waals surface area contributed by atoms with Gasteiger partial charge in [-0.3, -0.25) is 4.68 Å². The van der Waals surface area contributed by atoms with Crippen LogP contribution in [0.4, 0.5) is 5.69 Å². The fourth-order valence-electron chi connectivity index (χ4n) is 2.07. The van der Waals surface area contributed by atoms with Crippen LogP contribution < -0.4 is 10.6 Å². The van der Waals surface area contributed by atoms with E-state index in [0.29, 0.717) is 18.2 Å².